The van der Waals surface area contributed by atoms with Crippen LogP contribution in [0.5, 0.6) is 5.75 Å². The zero-order chi connectivity index (χ0) is 14.1. The van der Waals surface area contributed by atoms with E-state index in [4.69, 9.17) is 10.5 Å². The minimum absolute atomic E-state index is 0. The Morgan fingerprint density at radius 1 is 1.14 bits per heavy atom. The van der Waals surface area contributed by atoms with Gasteiger partial charge in [-0.2, -0.15) is 13.5 Å². The monoisotopic (exact) mass is 304 g/mol. The molecule has 3 nitrogen and oxygen atoms in total. The molecule has 1 atom stereocenters. The minimum atomic E-state index is -0.465. The van der Waals surface area contributed by atoms with Gasteiger partial charge in [0.05, 0.1) is 13.2 Å². The SMILES string of the molecule is COc1ccc(F)cc1[C@H](N)c1cc2ccccc2[nH]1.S. The molecule has 1 heterocycles. The molecule has 0 aliphatic heterocycles. The molecular formula is C16H17FN2OS. The van der Waals surface area contributed by atoms with Crippen LogP contribution in [0.25, 0.3) is 10.9 Å². The van der Waals surface area contributed by atoms with Crippen LogP contribution in [0.4, 0.5) is 4.39 Å². The molecule has 0 amide bonds. The molecule has 0 radical (unpaired) electrons. The molecule has 1 aromatic heterocycles. The Hall–Kier alpha value is -1.98. The predicted octanol–water partition coefficient (Wildman–Crippen LogP) is 3.48. The molecule has 3 N–H and O–H groups in total. The summed E-state index contributed by atoms with van der Waals surface area (Å²) in [7, 11) is 1.55. The molecule has 110 valence electrons. The fraction of sp³-hybridized carbons (Fsp3) is 0.125. The lowest BCUT2D eigenvalue weighted by Crippen LogP contribution is -2.13. The van der Waals surface area contributed by atoms with Gasteiger partial charge >= 0.3 is 0 Å². The number of rotatable bonds is 3. The predicted molar refractivity (Wildman–Crippen MR) is 87.7 cm³/mol. The van der Waals surface area contributed by atoms with Crippen LogP contribution in [0.1, 0.15) is 17.3 Å². The van der Waals surface area contributed by atoms with Crippen molar-refractivity contribution in [3.05, 3.63) is 65.6 Å². The van der Waals surface area contributed by atoms with Gasteiger partial charge in [0.1, 0.15) is 11.6 Å². The maximum Gasteiger partial charge on any atom is 0.124 e. The highest BCUT2D eigenvalue weighted by molar-refractivity contribution is 7.59. The van der Waals surface area contributed by atoms with Gasteiger partial charge in [-0.25, -0.2) is 4.39 Å². The zero-order valence-corrected chi connectivity index (χ0v) is 12.6. The largest absolute Gasteiger partial charge is 0.496 e. The number of aromatic amines is 1. The van der Waals surface area contributed by atoms with Gasteiger partial charge in [-0.1, -0.05) is 18.2 Å². The van der Waals surface area contributed by atoms with Crippen LogP contribution < -0.4 is 10.5 Å². The van der Waals surface area contributed by atoms with Crippen molar-refractivity contribution >= 4 is 24.4 Å². The lowest BCUT2D eigenvalue weighted by Gasteiger charge is -2.14. The van der Waals surface area contributed by atoms with Crippen LogP contribution in [0.15, 0.2) is 48.5 Å². The van der Waals surface area contributed by atoms with Crippen molar-refractivity contribution in [2.24, 2.45) is 5.73 Å². The first-order valence-corrected chi connectivity index (χ1v) is 6.35. The van der Waals surface area contributed by atoms with Gasteiger partial charge in [-0.3, -0.25) is 0 Å². The Labute approximate surface area is 129 Å². The Kier molecular flexibility index (Phi) is 4.55. The number of halogens is 1. The third kappa shape index (κ3) is 2.89. The van der Waals surface area contributed by atoms with E-state index in [1.54, 1.807) is 13.2 Å². The first kappa shape index (κ1) is 15.4. The van der Waals surface area contributed by atoms with Crippen LogP contribution in [0, 0.1) is 5.82 Å². The summed E-state index contributed by atoms with van der Waals surface area (Å²) in [5.41, 5.74) is 8.71. The first-order valence-electron chi connectivity index (χ1n) is 6.35. The molecule has 0 saturated carbocycles. The molecule has 2 aromatic carbocycles. The number of ether oxygens (including phenoxy) is 1. The fourth-order valence-corrected chi connectivity index (χ4v) is 2.38. The summed E-state index contributed by atoms with van der Waals surface area (Å²) in [5, 5.41) is 1.08. The Morgan fingerprint density at radius 3 is 2.62 bits per heavy atom. The third-order valence-corrected chi connectivity index (χ3v) is 3.41. The normalized spacial score (nSPS) is 12.0. The fourth-order valence-electron chi connectivity index (χ4n) is 2.38. The number of fused-ring (bicyclic) bond motifs is 1. The summed E-state index contributed by atoms with van der Waals surface area (Å²) in [5.74, 6) is 0.255. The molecular weight excluding hydrogens is 287 g/mol. The summed E-state index contributed by atoms with van der Waals surface area (Å²) in [6.07, 6.45) is 0. The van der Waals surface area contributed by atoms with Crippen LogP contribution in [0.3, 0.4) is 0 Å². The molecule has 0 fully saturated rings. The van der Waals surface area contributed by atoms with E-state index in [-0.39, 0.29) is 19.3 Å². The summed E-state index contributed by atoms with van der Waals surface area (Å²) in [4.78, 5) is 3.26. The third-order valence-electron chi connectivity index (χ3n) is 3.41. The molecule has 0 aliphatic carbocycles. The number of nitrogens with two attached hydrogens (primary N) is 1. The maximum atomic E-state index is 13.4. The standard InChI is InChI=1S/C16H15FN2O.H2S/c1-20-15-7-6-11(17)9-12(15)16(18)14-8-10-4-2-3-5-13(10)19-14;/h2-9,16,19H,18H2,1H3;1H2/t16-;/m0./s1. The number of H-pyrrole nitrogens is 1. The highest BCUT2D eigenvalue weighted by Gasteiger charge is 2.17. The highest BCUT2D eigenvalue weighted by atomic mass is 32.1. The van der Waals surface area contributed by atoms with E-state index in [1.165, 1.54) is 12.1 Å². The maximum absolute atomic E-state index is 13.4. The Balaban J connectivity index is 0.00000161. The second-order valence-electron chi connectivity index (χ2n) is 4.68. The van der Waals surface area contributed by atoms with Gasteiger partial charge in [-0.15, -0.1) is 0 Å². The summed E-state index contributed by atoms with van der Waals surface area (Å²) in [6.45, 7) is 0. The molecule has 21 heavy (non-hydrogen) atoms. The molecule has 0 bridgehead atoms. The van der Waals surface area contributed by atoms with Crippen LogP contribution in [-0.2, 0) is 0 Å². The molecule has 0 aliphatic rings. The topological polar surface area (TPSA) is 51.0 Å². The van der Waals surface area contributed by atoms with Crippen LogP contribution in [-0.4, -0.2) is 12.1 Å². The van der Waals surface area contributed by atoms with E-state index >= 15 is 0 Å². The van der Waals surface area contributed by atoms with Crippen molar-refractivity contribution in [1.29, 1.82) is 0 Å². The van der Waals surface area contributed by atoms with E-state index in [9.17, 15) is 4.39 Å². The van der Waals surface area contributed by atoms with Crippen molar-refractivity contribution in [1.82, 2.24) is 4.98 Å². The summed E-state index contributed by atoms with van der Waals surface area (Å²) < 4.78 is 18.7. The van der Waals surface area contributed by atoms with Gasteiger partial charge < -0.3 is 15.5 Å². The smallest absolute Gasteiger partial charge is 0.124 e. The van der Waals surface area contributed by atoms with E-state index in [1.807, 2.05) is 30.3 Å². The van der Waals surface area contributed by atoms with Crippen molar-refractivity contribution in [3.8, 4) is 5.75 Å². The number of hydrogen-bond donors (Lipinski definition) is 2. The second kappa shape index (κ2) is 6.20. The van der Waals surface area contributed by atoms with Gasteiger partial charge in [0.15, 0.2) is 0 Å². The Bertz CT molecular complexity index is 724. The number of para-hydroxylation sites is 1. The number of hydrogen-bond acceptors (Lipinski definition) is 2. The van der Waals surface area contributed by atoms with Crippen LogP contribution >= 0.6 is 13.5 Å². The highest BCUT2D eigenvalue weighted by Crippen LogP contribution is 2.30. The van der Waals surface area contributed by atoms with E-state index in [0.717, 1.165) is 16.6 Å². The average molecular weight is 304 g/mol. The van der Waals surface area contributed by atoms with Gasteiger partial charge in [-0.05, 0) is 35.7 Å². The number of methoxy groups -OCH3 is 1. The lowest BCUT2D eigenvalue weighted by atomic mass is 10.0. The van der Waals surface area contributed by atoms with Crippen molar-refractivity contribution in [3.63, 3.8) is 0 Å². The summed E-state index contributed by atoms with van der Waals surface area (Å²) in [6, 6.07) is 13.8. The van der Waals surface area contributed by atoms with Crippen molar-refractivity contribution in [2.45, 2.75) is 6.04 Å². The average Bonchev–Trinajstić information content (AvgIpc) is 2.90. The zero-order valence-electron chi connectivity index (χ0n) is 11.6. The van der Waals surface area contributed by atoms with E-state index in [2.05, 4.69) is 4.98 Å². The number of nitrogens with one attached hydrogen (secondary N) is 1. The molecule has 3 rings (SSSR count). The molecule has 0 saturated heterocycles. The van der Waals surface area contributed by atoms with Crippen molar-refractivity contribution in [2.75, 3.05) is 7.11 Å². The van der Waals surface area contributed by atoms with E-state index in [0.29, 0.717) is 11.3 Å². The molecule has 3 aromatic rings. The second-order valence-corrected chi connectivity index (χ2v) is 4.68. The molecule has 0 unspecified atom stereocenters. The molecule has 5 heteroatoms. The van der Waals surface area contributed by atoms with Crippen molar-refractivity contribution < 1.29 is 9.13 Å². The lowest BCUT2D eigenvalue weighted by molar-refractivity contribution is 0.406. The summed E-state index contributed by atoms with van der Waals surface area (Å²) >= 11 is 0. The first-order chi connectivity index (χ1) is 9.69. The van der Waals surface area contributed by atoms with Gasteiger partial charge in [0, 0.05) is 16.8 Å². The Morgan fingerprint density at radius 2 is 1.90 bits per heavy atom. The van der Waals surface area contributed by atoms with Gasteiger partial charge in [0.25, 0.3) is 0 Å². The minimum Gasteiger partial charge on any atom is -0.496 e. The van der Waals surface area contributed by atoms with E-state index < -0.39 is 6.04 Å². The van der Waals surface area contributed by atoms with Gasteiger partial charge in [0.2, 0.25) is 0 Å². The molecule has 0 spiro atoms. The van der Waals surface area contributed by atoms with Crippen LogP contribution in [0.2, 0.25) is 0 Å². The number of benzene rings is 2. The quantitative estimate of drug-likeness (QED) is 0.778. The number of aromatic nitrogens is 1.